The minimum Gasteiger partial charge on any atom is -0.493 e. The molecule has 1 fully saturated rings. The average Bonchev–Trinajstić information content (AvgIpc) is 3.03. The number of halogens is 1. The number of aryl methyl sites for hydroxylation is 1. The Balaban J connectivity index is 1.46. The van der Waals surface area contributed by atoms with Gasteiger partial charge in [-0.1, -0.05) is 35.9 Å². The SMILES string of the molecule is COc1ccccc1OCC(=O)N1CCCN(C(=O)CCc2ccc(Cl)cc2)CC1. The number of rotatable bonds is 7. The van der Waals surface area contributed by atoms with Gasteiger partial charge in [0.1, 0.15) is 0 Å². The lowest BCUT2D eigenvalue weighted by atomic mass is 10.1. The molecule has 7 heteroatoms. The third kappa shape index (κ3) is 6.13. The Morgan fingerprint density at radius 2 is 1.53 bits per heavy atom. The van der Waals surface area contributed by atoms with Gasteiger partial charge in [0.25, 0.3) is 5.91 Å². The summed E-state index contributed by atoms with van der Waals surface area (Å²) in [6, 6.07) is 14.8. The van der Waals surface area contributed by atoms with Crippen LogP contribution in [0.15, 0.2) is 48.5 Å². The van der Waals surface area contributed by atoms with Crippen LogP contribution in [-0.4, -0.2) is 61.5 Å². The Bertz CT molecular complexity index is 857. The van der Waals surface area contributed by atoms with Crippen LogP contribution in [0, 0.1) is 0 Å². The topological polar surface area (TPSA) is 59.1 Å². The smallest absolute Gasteiger partial charge is 0.260 e. The van der Waals surface area contributed by atoms with Crippen LogP contribution in [0.3, 0.4) is 0 Å². The second-order valence-electron chi connectivity index (χ2n) is 7.18. The van der Waals surface area contributed by atoms with Gasteiger partial charge in [-0.15, -0.1) is 0 Å². The van der Waals surface area contributed by atoms with E-state index in [4.69, 9.17) is 21.1 Å². The van der Waals surface area contributed by atoms with Crippen molar-refractivity contribution in [2.45, 2.75) is 19.3 Å². The molecule has 2 aromatic carbocycles. The number of benzene rings is 2. The highest BCUT2D eigenvalue weighted by Crippen LogP contribution is 2.25. The Morgan fingerprint density at radius 3 is 2.20 bits per heavy atom. The molecule has 30 heavy (non-hydrogen) atoms. The summed E-state index contributed by atoms with van der Waals surface area (Å²) >= 11 is 5.90. The molecule has 2 aromatic rings. The Morgan fingerprint density at radius 1 is 0.900 bits per heavy atom. The average molecular weight is 431 g/mol. The molecule has 0 atom stereocenters. The van der Waals surface area contributed by atoms with Gasteiger partial charge in [-0.05, 0) is 42.7 Å². The van der Waals surface area contributed by atoms with Crippen molar-refractivity contribution in [2.75, 3.05) is 39.9 Å². The molecular weight excluding hydrogens is 404 g/mol. The van der Waals surface area contributed by atoms with E-state index in [1.807, 2.05) is 41.3 Å². The molecule has 0 bridgehead atoms. The fourth-order valence-electron chi connectivity index (χ4n) is 3.45. The largest absolute Gasteiger partial charge is 0.493 e. The molecule has 0 aromatic heterocycles. The van der Waals surface area contributed by atoms with E-state index in [0.717, 1.165) is 12.0 Å². The van der Waals surface area contributed by atoms with E-state index in [1.165, 1.54) is 0 Å². The van der Waals surface area contributed by atoms with Gasteiger partial charge in [0.2, 0.25) is 5.91 Å². The molecule has 0 unspecified atom stereocenters. The van der Waals surface area contributed by atoms with Crippen LogP contribution in [0.25, 0.3) is 0 Å². The van der Waals surface area contributed by atoms with Crippen molar-refractivity contribution < 1.29 is 19.1 Å². The van der Waals surface area contributed by atoms with Gasteiger partial charge in [0.15, 0.2) is 18.1 Å². The summed E-state index contributed by atoms with van der Waals surface area (Å²) < 4.78 is 10.9. The van der Waals surface area contributed by atoms with E-state index in [2.05, 4.69) is 0 Å². The van der Waals surface area contributed by atoms with Crippen LogP contribution in [0.1, 0.15) is 18.4 Å². The molecule has 1 saturated heterocycles. The highest BCUT2D eigenvalue weighted by molar-refractivity contribution is 6.30. The van der Waals surface area contributed by atoms with Crippen molar-refractivity contribution in [1.82, 2.24) is 9.80 Å². The minimum atomic E-state index is -0.0867. The highest BCUT2D eigenvalue weighted by Gasteiger charge is 2.22. The van der Waals surface area contributed by atoms with Gasteiger partial charge in [-0.25, -0.2) is 0 Å². The molecule has 2 amide bonds. The fourth-order valence-corrected chi connectivity index (χ4v) is 3.57. The fraction of sp³-hybridized carbons (Fsp3) is 0.391. The van der Waals surface area contributed by atoms with Gasteiger partial charge in [-0.3, -0.25) is 9.59 Å². The third-order valence-corrected chi connectivity index (χ3v) is 5.41. The lowest BCUT2D eigenvalue weighted by Crippen LogP contribution is -2.39. The molecule has 0 saturated carbocycles. The van der Waals surface area contributed by atoms with Crippen LogP contribution < -0.4 is 9.47 Å². The standard InChI is InChI=1S/C23H27ClN2O4/c1-29-20-5-2-3-6-21(20)30-17-23(28)26-14-4-13-25(15-16-26)22(27)12-9-18-7-10-19(24)11-8-18/h2-3,5-8,10-11H,4,9,12-17H2,1H3. The number of nitrogens with zero attached hydrogens (tertiary/aromatic N) is 2. The molecule has 0 N–H and O–H groups in total. The molecule has 160 valence electrons. The second kappa shape index (κ2) is 10.9. The van der Waals surface area contributed by atoms with Crippen LogP contribution >= 0.6 is 11.6 Å². The van der Waals surface area contributed by atoms with Crippen LogP contribution in [0.5, 0.6) is 11.5 Å². The summed E-state index contributed by atoms with van der Waals surface area (Å²) in [5, 5.41) is 0.692. The van der Waals surface area contributed by atoms with Crippen molar-refractivity contribution in [2.24, 2.45) is 0 Å². The summed E-state index contributed by atoms with van der Waals surface area (Å²) in [6.07, 6.45) is 1.89. The first-order valence-electron chi connectivity index (χ1n) is 10.1. The molecule has 1 aliphatic rings. The number of para-hydroxylation sites is 2. The van der Waals surface area contributed by atoms with E-state index in [1.54, 1.807) is 24.1 Å². The van der Waals surface area contributed by atoms with Gasteiger partial charge >= 0.3 is 0 Å². The van der Waals surface area contributed by atoms with Gasteiger partial charge < -0.3 is 19.3 Å². The molecule has 1 heterocycles. The molecule has 6 nitrogen and oxygen atoms in total. The quantitative estimate of drug-likeness (QED) is 0.675. The number of carbonyl (C=O) groups is 2. The van der Waals surface area contributed by atoms with Crippen molar-refractivity contribution in [3.8, 4) is 11.5 Å². The van der Waals surface area contributed by atoms with E-state index in [-0.39, 0.29) is 18.4 Å². The molecule has 0 spiro atoms. The number of ether oxygens (including phenoxy) is 2. The Kier molecular flexibility index (Phi) is 7.97. The number of carbonyl (C=O) groups excluding carboxylic acids is 2. The van der Waals surface area contributed by atoms with E-state index in [9.17, 15) is 9.59 Å². The Labute approximate surface area is 182 Å². The lowest BCUT2D eigenvalue weighted by Gasteiger charge is -2.22. The molecular formula is C23H27ClN2O4. The number of methoxy groups -OCH3 is 1. The van der Waals surface area contributed by atoms with Crippen molar-refractivity contribution in [1.29, 1.82) is 0 Å². The van der Waals surface area contributed by atoms with E-state index in [0.29, 0.717) is 55.5 Å². The summed E-state index contributed by atoms with van der Waals surface area (Å²) in [6.45, 7) is 2.29. The van der Waals surface area contributed by atoms with E-state index < -0.39 is 0 Å². The zero-order chi connectivity index (χ0) is 21.3. The van der Waals surface area contributed by atoms with Crippen LogP contribution in [-0.2, 0) is 16.0 Å². The van der Waals surface area contributed by atoms with Gasteiger partial charge in [0, 0.05) is 37.6 Å². The molecule has 0 aliphatic carbocycles. The number of hydrogen-bond donors (Lipinski definition) is 0. The molecule has 3 rings (SSSR count). The first-order chi connectivity index (χ1) is 14.6. The first-order valence-corrected chi connectivity index (χ1v) is 10.5. The molecule has 1 aliphatic heterocycles. The lowest BCUT2D eigenvalue weighted by molar-refractivity contribution is -0.134. The van der Waals surface area contributed by atoms with Gasteiger partial charge in [-0.2, -0.15) is 0 Å². The summed E-state index contributed by atoms with van der Waals surface area (Å²) in [7, 11) is 1.57. The minimum absolute atomic E-state index is 0.0507. The van der Waals surface area contributed by atoms with Crippen molar-refractivity contribution in [3.63, 3.8) is 0 Å². The Hall–Kier alpha value is -2.73. The summed E-state index contributed by atoms with van der Waals surface area (Å²) in [5.41, 5.74) is 1.09. The first kappa shape index (κ1) is 22.0. The third-order valence-electron chi connectivity index (χ3n) is 5.16. The van der Waals surface area contributed by atoms with E-state index >= 15 is 0 Å². The maximum absolute atomic E-state index is 12.6. The monoisotopic (exact) mass is 430 g/mol. The zero-order valence-corrected chi connectivity index (χ0v) is 17.9. The van der Waals surface area contributed by atoms with Gasteiger partial charge in [0.05, 0.1) is 7.11 Å². The van der Waals surface area contributed by atoms with Crippen LogP contribution in [0.4, 0.5) is 0 Å². The molecule has 0 radical (unpaired) electrons. The normalized spacial score (nSPS) is 14.2. The number of amides is 2. The van der Waals surface area contributed by atoms with Crippen LogP contribution in [0.2, 0.25) is 5.02 Å². The maximum Gasteiger partial charge on any atom is 0.260 e. The van der Waals surface area contributed by atoms with Crippen molar-refractivity contribution in [3.05, 3.63) is 59.1 Å². The zero-order valence-electron chi connectivity index (χ0n) is 17.2. The summed E-state index contributed by atoms with van der Waals surface area (Å²) in [4.78, 5) is 28.8. The number of hydrogen-bond acceptors (Lipinski definition) is 4. The van der Waals surface area contributed by atoms with Crippen molar-refractivity contribution >= 4 is 23.4 Å². The summed E-state index contributed by atoms with van der Waals surface area (Å²) in [5.74, 6) is 1.17. The maximum atomic E-state index is 12.6. The second-order valence-corrected chi connectivity index (χ2v) is 7.62. The predicted molar refractivity (Wildman–Crippen MR) is 116 cm³/mol. The predicted octanol–water partition coefficient (Wildman–Crippen LogP) is 3.42. The highest BCUT2D eigenvalue weighted by atomic mass is 35.5.